The van der Waals surface area contributed by atoms with Crippen molar-refractivity contribution in [3.8, 4) is 24.7 Å². The largest absolute Gasteiger partial charge is 0.302 e. The Hall–Kier alpha value is -0.960. The van der Waals surface area contributed by atoms with Crippen LogP contribution >= 0.6 is 0 Å². The van der Waals surface area contributed by atoms with E-state index < -0.39 is 0 Å². The molecule has 1 rings (SSSR count). The molecular weight excluding hydrogens is 460 g/mol. The van der Waals surface area contributed by atoms with E-state index in [4.69, 9.17) is 12.8 Å². The van der Waals surface area contributed by atoms with Crippen molar-refractivity contribution in [1.82, 2.24) is 0 Å². The number of unbranched alkanes of at least 4 members (excludes halogenated alkanes) is 18. The molecule has 0 aromatic rings. The van der Waals surface area contributed by atoms with Gasteiger partial charge in [0.2, 0.25) is 0 Å². The molecule has 1 heterocycles. The lowest BCUT2D eigenvalue weighted by Gasteiger charge is -2.55. The summed E-state index contributed by atoms with van der Waals surface area (Å²) in [6.45, 7) is 16.2. The number of quaternary nitrogens is 2. The Morgan fingerprint density at radius 1 is 0.474 bits per heavy atom. The van der Waals surface area contributed by atoms with E-state index in [0.717, 1.165) is 22.1 Å². The third-order valence-electron chi connectivity index (χ3n) is 9.85. The van der Waals surface area contributed by atoms with Gasteiger partial charge in [0.25, 0.3) is 0 Å². The summed E-state index contributed by atoms with van der Waals surface area (Å²) in [5.74, 6) is 6.17. The van der Waals surface area contributed by atoms with Gasteiger partial charge in [0, 0.05) is 0 Å². The Morgan fingerprint density at radius 3 is 1.00 bits per heavy atom. The molecule has 0 spiro atoms. The topological polar surface area (TPSA) is 0 Å². The maximum Gasteiger partial charge on any atom is 0.141 e. The average Bonchev–Trinajstić information content (AvgIpc) is 2.90. The smallest absolute Gasteiger partial charge is 0.141 e. The fraction of sp³-hybridized carbons (Fsp3) is 0.889. The fourth-order valence-corrected chi connectivity index (χ4v) is 7.17. The van der Waals surface area contributed by atoms with Gasteiger partial charge in [0.15, 0.2) is 0 Å². The number of hydrogen-bond donors (Lipinski definition) is 0. The highest BCUT2D eigenvalue weighted by molar-refractivity contribution is 4.88. The lowest BCUT2D eigenvalue weighted by Crippen LogP contribution is -2.74. The Bertz CT molecular complexity index is 587. The summed E-state index contributed by atoms with van der Waals surface area (Å²) in [7, 11) is 0. The van der Waals surface area contributed by atoms with Crippen LogP contribution in [0.5, 0.6) is 0 Å². The van der Waals surface area contributed by atoms with Crippen LogP contribution in [0, 0.1) is 24.7 Å². The van der Waals surface area contributed by atoms with Crippen molar-refractivity contribution >= 4 is 0 Å². The van der Waals surface area contributed by atoms with Gasteiger partial charge in [-0.25, -0.2) is 0 Å². The molecule has 0 aromatic heterocycles. The summed E-state index contributed by atoms with van der Waals surface area (Å²) in [5.41, 5.74) is 0. The van der Waals surface area contributed by atoms with Crippen LogP contribution in [0.15, 0.2) is 0 Å². The van der Waals surface area contributed by atoms with Crippen molar-refractivity contribution < 1.29 is 8.97 Å². The van der Waals surface area contributed by atoms with Crippen molar-refractivity contribution in [2.75, 3.05) is 39.3 Å². The standard InChI is InChI=1S/C36H68N2/c1-7-11-13-15-17-19-21-23-25-27-31-37(29-9-3)33-36(6)38(30-10-4,34-35(37)5)32-28-26-24-22-20-18-16-14-12-8-2/h3-4,35-36H,7-8,11-34H2,1-2,5-6H3/q+2. The van der Waals surface area contributed by atoms with Crippen molar-refractivity contribution in [1.29, 1.82) is 0 Å². The summed E-state index contributed by atoms with van der Waals surface area (Å²) < 4.78 is 2.24. The van der Waals surface area contributed by atoms with Gasteiger partial charge in [-0.05, 0) is 51.4 Å². The molecule has 1 saturated heterocycles. The molecule has 0 radical (unpaired) electrons. The van der Waals surface area contributed by atoms with E-state index in [1.165, 1.54) is 155 Å². The number of nitrogens with zero attached hydrogens (tertiary/aromatic N) is 2. The highest BCUT2D eigenvalue weighted by Gasteiger charge is 2.50. The van der Waals surface area contributed by atoms with Gasteiger partial charge in [0.1, 0.15) is 38.3 Å². The van der Waals surface area contributed by atoms with Crippen LogP contribution < -0.4 is 0 Å². The Balaban J connectivity index is 2.46. The third kappa shape index (κ3) is 13.4. The molecule has 0 amide bonds. The molecule has 0 N–H and O–H groups in total. The van der Waals surface area contributed by atoms with Gasteiger partial charge in [-0.3, -0.25) is 0 Å². The second-order valence-corrected chi connectivity index (χ2v) is 13.0. The molecule has 4 atom stereocenters. The average molecular weight is 529 g/mol. The van der Waals surface area contributed by atoms with E-state index in [1.54, 1.807) is 0 Å². The first-order valence-electron chi connectivity index (χ1n) is 17.1. The van der Waals surface area contributed by atoms with E-state index in [0.29, 0.717) is 12.1 Å². The third-order valence-corrected chi connectivity index (χ3v) is 9.85. The predicted molar refractivity (Wildman–Crippen MR) is 170 cm³/mol. The van der Waals surface area contributed by atoms with Crippen LogP contribution in [0.3, 0.4) is 0 Å². The summed E-state index contributed by atoms with van der Waals surface area (Å²) in [4.78, 5) is 0. The minimum atomic E-state index is 0.595. The fourth-order valence-electron chi connectivity index (χ4n) is 7.17. The van der Waals surface area contributed by atoms with E-state index in [1.807, 2.05) is 0 Å². The molecule has 1 aliphatic heterocycles. The Kier molecular flexibility index (Phi) is 20.1. The zero-order chi connectivity index (χ0) is 28.0. The van der Waals surface area contributed by atoms with Crippen LogP contribution in [0.1, 0.15) is 156 Å². The quantitative estimate of drug-likeness (QED) is 0.0664. The molecular formula is C36H68N2+2. The van der Waals surface area contributed by atoms with Crippen molar-refractivity contribution in [3.05, 3.63) is 0 Å². The molecule has 38 heavy (non-hydrogen) atoms. The van der Waals surface area contributed by atoms with E-state index in [9.17, 15) is 0 Å². The molecule has 2 heteroatoms. The molecule has 2 nitrogen and oxygen atoms in total. The summed E-state index contributed by atoms with van der Waals surface area (Å²) in [6.07, 6.45) is 39.8. The number of piperazine rings is 1. The maximum absolute atomic E-state index is 5.97. The zero-order valence-corrected chi connectivity index (χ0v) is 26.6. The van der Waals surface area contributed by atoms with E-state index in [2.05, 4.69) is 39.5 Å². The van der Waals surface area contributed by atoms with Crippen LogP contribution in [-0.4, -0.2) is 60.3 Å². The van der Waals surface area contributed by atoms with Gasteiger partial charge >= 0.3 is 0 Å². The monoisotopic (exact) mass is 529 g/mol. The van der Waals surface area contributed by atoms with Crippen molar-refractivity contribution in [2.45, 2.75) is 168 Å². The second-order valence-electron chi connectivity index (χ2n) is 13.0. The second kappa shape index (κ2) is 21.8. The summed E-state index contributed by atoms with van der Waals surface area (Å²) in [6, 6.07) is 1.19. The lowest BCUT2D eigenvalue weighted by atomic mass is 9.97. The first kappa shape index (κ1) is 35.1. The maximum atomic E-state index is 5.97. The lowest BCUT2D eigenvalue weighted by molar-refractivity contribution is -1.06. The molecule has 220 valence electrons. The van der Waals surface area contributed by atoms with Gasteiger partial charge < -0.3 is 8.97 Å². The molecule has 0 aliphatic carbocycles. The van der Waals surface area contributed by atoms with Gasteiger partial charge in [-0.15, -0.1) is 12.8 Å². The molecule has 4 unspecified atom stereocenters. The van der Waals surface area contributed by atoms with Gasteiger partial charge in [-0.1, -0.05) is 117 Å². The highest BCUT2D eigenvalue weighted by Crippen LogP contribution is 2.31. The highest BCUT2D eigenvalue weighted by atomic mass is 15.5. The first-order valence-corrected chi connectivity index (χ1v) is 17.1. The van der Waals surface area contributed by atoms with Crippen LogP contribution in [0.2, 0.25) is 0 Å². The number of rotatable bonds is 24. The zero-order valence-electron chi connectivity index (χ0n) is 26.6. The normalized spacial score (nSPS) is 25.2. The van der Waals surface area contributed by atoms with E-state index >= 15 is 0 Å². The molecule has 1 aliphatic rings. The minimum Gasteiger partial charge on any atom is -0.302 e. The number of terminal acetylenes is 2. The van der Waals surface area contributed by atoms with Gasteiger partial charge in [0.05, 0.1) is 13.1 Å². The minimum absolute atomic E-state index is 0.595. The van der Waals surface area contributed by atoms with Crippen molar-refractivity contribution in [3.63, 3.8) is 0 Å². The van der Waals surface area contributed by atoms with Crippen LogP contribution in [-0.2, 0) is 0 Å². The number of hydrogen-bond acceptors (Lipinski definition) is 0. The first-order chi connectivity index (χ1) is 18.5. The summed E-state index contributed by atoms with van der Waals surface area (Å²) >= 11 is 0. The Labute approximate surface area is 240 Å². The Morgan fingerprint density at radius 2 is 0.737 bits per heavy atom. The van der Waals surface area contributed by atoms with E-state index in [-0.39, 0.29) is 0 Å². The molecule has 0 bridgehead atoms. The molecule has 0 saturated carbocycles. The SMILES string of the molecule is C#CC[N+]1(CCCCCCCCCCCC)CC(C)[N+](CC#C)(CCCCCCCCCCCC)CC1C. The van der Waals surface area contributed by atoms with Crippen LogP contribution in [0.4, 0.5) is 0 Å². The van der Waals surface area contributed by atoms with Crippen LogP contribution in [0.25, 0.3) is 0 Å². The molecule has 1 fully saturated rings. The van der Waals surface area contributed by atoms with Crippen molar-refractivity contribution in [2.24, 2.45) is 0 Å². The van der Waals surface area contributed by atoms with Gasteiger partial charge in [-0.2, -0.15) is 0 Å². The summed E-state index contributed by atoms with van der Waals surface area (Å²) in [5, 5.41) is 0. The predicted octanol–water partition coefficient (Wildman–Crippen LogP) is 9.52. The molecule has 0 aromatic carbocycles.